The largest absolute Gasteiger partial charge is 0.399 e. The number of benzene rings is 1. The molecule has 0 unspecified atom stereocenters. The van der Waals surface area contributed by atoms with Crippen molar-refractivity contribution in [2.24, 2.45) is 0 Å². The van der Waals surface area contributed by atoms with Gasteiger partial charge in [-0.3, -0.25) is 4.72 Å². The van der Waals surface area contributed by atoms with Crippen LogP contribution in [0.2, 0.25) is 10.4 Å². The second kappa shape index (κ2) is 6.25. The molecule has 0 saturated heterocycles. The third-order valence-electron chi connectivity index (χ3n) is 2.20. The summed E-state index contributed by atoms with van der Waals surface area (Å²) in [4.78, 5) is 7.35. The summed E-state index contributed by atoms with van der Waals surface area (Å²) in [7, 11) is -3.93. The number of nitrogens with two attached hydrogens (primary N) is 1. The Hall–Kier alpha value is -0.610. The Morgan fingerprint density at radius 2 is 1.67 bits per heavy atom. The number of anilines is 2. The fourth-order valence-electron chi connectivity index (χ4n) is 1.47. The predicted molar refractivity (Wildman–Crippen MR) is 89.1 cm³/mol. The molecule has 0 spiro atoms. The van der Waals surface area contributed by atoms with Gasteiger partial charge in [0.05, 0.1) is 0 Å². The Morgan fingerprint density at radius 1 is 1.10 bits per heavy atom. The number of rotatable bonds is 3. The van der Waals surface area contributed by atoms with Gasteiger partial charge in [0.1, 0.15) is 15.9 Å². The van der Waals surface area contributed by atoms with Gasteiger partial charge in [-0.1, -0.05) is 11.6 Å². The van der Waals surface area contributed by atoms with E-state index >= 15 is 0 Å². The summed E-state index contributed by atoms with van der Waals surface area (Å²) in [6.45, 7) is 0. The summed E-state index contributed by atoms with van der Waals surface area (Å²) >= 11 is 17.7. The van der Waals surface area contributed by atoms with Gasteiger partial charge in [-0.25, -0.2) is 13.4 Å². The van der Waals surface area contributed by atoms with Crippen LogP contribution in [0.25, 0.3) is 0 Å². The molecule has 3 N–H and O–H groups in total. The summed E-state index contributed by atoms with van der Waals surface area (Å²) in [5, 5.41) is -0.154. The van der Waals surface area contributed by atoms with E-state index in [4.69, 9.17) is 28.9 Å². The van der Waals surface area contributed by atoms with Gasteiger partial charge in [-0.15, -0.1) is 0 Å². The van der Waals surface area contributed by atoms with Crippen LogP contribution in [-0.4, -0.2) is 18.4 Å². The number of aromatic nitrogens is 2. The normalized spacial score (nSPS) is 11.4. The Kier molecular flexibility index (Phi) is 4.99. The first-order chi connectivity index (χ1) is 9.69. The summed E-state index contributed by atoms with van der Waals surface area (Å²) in [6.07, 6.45) is 0. The third kappa shape index (κ3) is 3.98. The number of nitrogens with one attached hydrogen (secondary N) is 1. The number of hydrogen-bond donors (Lipinski definition) is 2. The SMILES string of the molecule is Nc1cc(Br)c(S(=O)(=O)Nc2cc(Cl)nc(Cl)n2)c(Br)c1. The zero-order chi connectivity index (χ0) is 15.8. The molecule has 0 radical (unpaired) electrons. The van der Waals surface area contributed by atoms with Crippen molar-refractivity contribution in [2.75, 3.05) is 10.5 Å². The van der Waals surface area contributed by atoms with Crippen LogP contribution in [0.15, 0.2) is 32.0 Å². The molecule has 0 atom stereocenters. The Bertz CT molecular complexity index is 773. The van der Waals surface area contributed by atoms with Crippen molar-refractivity contribution < 1.29 is 8.42 Å². The minimum atomic E-state index is -3.93. The molecule has 11 heteroatoms. The van der Waals surface area contributed by atoms with Gasteiger partial charge in [0.15, 0.2) is 0 Å². The second-order valence-electron chi connectivity index (χ2n) is 3.76. The van der Waals surface area contributed by atoms with Crippen molar-refractivity contribution in [3.63, 3.8) is 0 Å². The molecule has 0 aliphatic heterocycles. The zero-order valence-electron chi connectivity index (χ0n) is 9.94. The lowest BCUT2D eigenvalue weighted by Crippen LogP contribution is -2.15. The summed E-state index contributed by atoms with van der Waals surface area (Å²) in [5.41, 5.74) is 6.04. The average molecular weight is 477 g/mol. The molecule has 21 heavy (non-hydrogen) atoms. The van der Waals surface area contributed by atoms with Crippen LogP contribution in [0.5, 0.6) is 0 Å². The monoisotopic (exact) mass is 474 g/mol. The van der Waals surface area contributed by atoms with Gasteiger partial charge < -0.3 is 5.73 Å². The standard InChI is InChI=1S/C10H6Br2Cl2N4O2S/c11-5-1-4(15)2-6(12)9(5)21(19,20)18-8-3-7(13)16-10(14)17-8/h1-3H,15H2,(H,16,17,18). The number of hydrogen-bond acceptors (Lipinski definition) is 5. The first kappa shape index (κ1) is 16.8. The van der Waals surface area contributed by atoms with E-state index in [-0.39, 0.29) is 21.2 Å². The molecule has 1 aromatic heterocycles. The van der Waals surface area contributed by atoms with Crippen LogP contribution in [-0.2, 0) is 10.0 Å². The number of sulfonamides is 1. The summed E-state index contributed by atoms with van der Waals surface area (Å²) < 4.78 is 27.7. The van der Waals surface area contributed by atoms with Crippen molar-refractivity contribution >= 4 is 76.6 Å². The highest BCUT2D eigenvalue weighted by atomic mass is 79.9. The molecule has 2 aromatic rings. The van der Waals surface area contributed by atoms with E-state index in [0.29, 0.717) is 14.6 Å². The molecule has 6 nitrogen and oxygen atoms in total. The van der Waals surface area contributed by atoms with Crippen LogP contribution in [0.3, 0.4) is 0 Å². The number of halogens is 4. The molecule has 0 fully saturated rings. The highest BCUT2D eigenvalue weighted by molar-refractivity contribution is 9.11. The average Bonchev–Trinajstić information content (AvgIpc) is 2.23. The molecule has 0 aliphatic carbocycles. The number of nitrogens with zero attached hydrogens (tertiary/aromatic N) is 2. The van der Waals surface area contributed by atoms with Crippen LogP contribution >= 0.6 is 55.1 Å². The van der Waals surface area contributed by atoms with Gasteiger partial charge in [0.2, 0.25) is 5.28 Å². The first-order valence-corrected chi connectivity index (χ1v) is 8.99. The Morgan fingerprint density at radius 3 is 2.19 bits per heavy atom. The topological polar surface area (TPSA) is 98.0 Å². The molecule has 0 saturated carbocycles. The Labute approximate surface area is 147 Å². The third-order valence-corrected chi connectivity index (χ3v) is 5.79. The molecule has 1 aromatic carbocycles. The van der Waals surface area contributed by atoms with Crippen molar-refractivity contribution in [2.45, 2.75) is 4.90 Å². The molecule has 112 valence electrons. The highest BCUT2D eigenvalue weighted by Crippen LogP contribution is 2.33. The van der Waals surface area contributed by atoms with Crippen LogP contribution in [0.4, 0.5) is 11.5 Å². The van der Waals surface area contributed by atoms with Gasteiger partial charge in [-0.2, -0.15) is 4.98 Å². The van der Waals surface area contributed by atoms with Crippen molar-refractivity contribution in [3.05, 3.63) is 37.6 Å². The van der Waals surface area contributed by atoms with E-state index < -0.39 is 10.0 Å². The van der Waals surface area contributed by atoms with E-state index in [1.54, 1.807) is 0 Å². The van der Waals surface area contributed by atoms with Gasteiger partial charge in [0.25, 0.3) is 10.0 Å². The van der Waals surface area contributed by atoms with E-state index in [2.05, 4.69) is 46.5 Å². The minimum Gasteiger partial charge on any atom is -0.399 e. The lowest BCUT2D eigenvalue weighted by Gasteiger charge is -2.11. The molecule has 0 bridgehead atoms. The maximum atomic E-state index is 12.4. The van der Waals surface area contributed by atoms with Gasteiger partial charge in [0, 0.05) is 20.7 Å². The molecular formula is C10H6Br2Cl2N4O2S. The molecule has 1 heterocycles. The summed E-state index contributed by atoms with van der Waals surface area (Å²) in [6, 6.07) is 4.18. The van der Waals surface area contributed by atoms with E-state index in [1.165, 1.54) is 18.2 Å². The van der Waals surface area contributed by atoms with E-state index in [0.717, 1.165) is 0 Å². The predicted octanol–water partition coefficient (Wildman–Crippen LogP) is 3.69. The maximum absolute atomic E-state index is 12.4. The van der Waals surface area contributed by atoms with Crippen molar-refractivity contribution in [1.82, 2.24) is 9.97 Å². The molecular weight excluding hydrogens is 471 g/mol. The van der Waals surface area contributed by atoms with Crippen LogP contribution in [0.1, 0.15) is 0 Å². The second-order valence-corrected chi connectivity index (χ2v) is 7.82. The quantitative estimate of drug-likeness (QED) is 0.400. The Balaban J connectivity index is 2.48. The first-order valence-electron chi connectivity index (χ1n) is 5.16. The highest BCUT2D eigenvalue weighted by Gasteiger charge is 2.22. The smallest absolute Gasteiger partial charge is 0.265 e. The lowest BCUT2D eigenvalue weighted by molar-refractivity contribution is 0.600. The number of nitrogen functional groups attached to an aromatic ring is 1. The molecule has 0 amide bonds. The molecule has 2 rings (SSSR count). The fourth-order valence-corrected chi connectivity index (χ4v) is 5.49. The van der Waals surface area contributed by atoms with E-state index in [9.17, 15) is 8.42 Å². The lowest BCUT2D eigenvalue weighted by atomic mass is 10.3. The zero-order valence-corrected chi connectivity index (χ0v) is 15.4. The summed E-state index contributed by atoms with van der Waals surface area (Å²) in [5.74, 6) is -0.0457. The fraction of sp³-hybridized carbons (Fsp3) is 0. The minimum absolute atomic E-state index is 0.0168. The van der Waals surface area contributed by atoms with Crippen LogP contribution in [0, 0.1) is 0 Å². The van der Waals surface area contributed by atoms with Crippen molar-refractivity contribution in [3.8, 4) is 0 Å². The molecule has 0 aliphatic rings. The van der Waals surface area contributed by atoms with E-state index in [1.807, 2.05) is 0 Å². The van der Waals surface area contributed by atoms with Crippen molar-refractivity contribution in [1.29, 1.82) is 0 Å². The van der Waals surface area contributed by atoms with Gasteiger partial charge >= 0.3 is 0 Å². The maximum Gasteiger partial charge on any atom is 0.265 e. The van der Waals surface area contributed by atoms with Gasteiger partial charge in [-0.05, 0) is 55.6 Å². The van der Waals surface area contributed by atoms with Crippen LogP contribution < -0.4 is 10.5 Å².